The molecule has 0 spiro atoms. The maximum Gasteiger partial charge on any atom is 0.248 e. The van der Waals surface area contributed by atoms with E-state index in [-0.39, 0.29) is 5.52 Å². The Bertz CT molecular complexity index is 1240. The molecular formula is C21H17F2N3O. The summed E-state index contributed by atoms with van der Waals surface area (Å²) in [5.41, 5.74) is 2.14. The number of benzene rings is 1. The van der Waals surface area contributed by atoms with Gasteiger partial charge in [-0.2, -0.15) is 0 Å². The van der Waals surface area contributed by atoms with Crippen molar-refractivity contribution in [3.8, 4) is 0 Å². The molecule has 1 N–H and O–H groups in total. The summed E-state index contributed by atoms with van der Waals surface area (Å²) >= 11 is 0. The predicted molar refractivity (Wildman–Crippen MR) is 99.9 cm³/mol. The van der Waals surface area contributed by atoms with Crippen molar-refractivity contribution in [1.29, 1.82) is 0 Å². The lowest BCUT2D eigenvalue weighted by atomic mass is 9.83. The molecule has 1 aromatic carbocycles. The minimum absolute atomic E-state index is 0.0906. The number of nitrogens with one attached hydrogen (secondary N) is 1. The summed E-state index contributed by atoms with van der Waals surface area (Å²) < 4.78 is 29.9. The maximum absolute atomic E-state index is 14.2. The van der Waals surface area contributed by atoms with Gasteiger partial charge in [0.25, 0.3) is 0 Å². The molecule has 4 nitrogen and oxygen atoms in total. The van der Waals surface area contributed by atoms with Crippen molar-refractivity contribution in [2.24, 2.45) is 0 Å². The summed E-state index contributed by atoms with van der Waals surface area (Å²) in [5, 5.41) is 1.55. The van der Waals surface area contributed by atoms with Gasteiger partial charge in [-0.3, -0.25) is 4.79 Å². The monoisotopic (exact) mass is 365 g/mol. The third-order valence-corrected chi connectivity index (χ3v) is 5.53. The number of aromatic amines is 1. The molecule has 1 saturated carbocycles. The Morgan fingerprint density at radius 1 is 1.19 bits per heavy atom. The van der Waals surface area contributed by atoms with E-state index < -0.39 is 17.2 Å². The van der Waals surface area contributed by atoms with Crippen LogP contribution in [0.3, 0.4) is 0 Å². The van der Waals surface area contributed by atoms with E-state index in [1.807, 2.05) is 12.1 Å². The van der Waals surface area contributed by atoms with Gasteiger partial charge in [0, 0.05) is 28.7 Å². The third-order valence-electron chi connectivity index (χ3n) is 5.53. The molecule has 0 radical (unpaired) electrons. The van der Waals surface area contributed by atoms with Gasteiger partial charge in [0.05, 0.1) is 12.1 Å². The van der Waals surface area contributed by atoms with Crippen molar-refractivity contribution in [3.05, 3.63) is 75.8 Å². The number of fused-ring (bicyclic) bond motifs is 2. The smallest absolute Gasteiger partial charge is 0.248 e. The van der Waals surface area contributed by atoms with E-state index in [2.05, 4.69) is 20.6 Å². The summed E-state index contributed by atoms with van der Waals surface area (Å²) in [7, 11) is 0. The van der Waals surface area contributed by atoms with E-state index in [9.17, 15) is 13.6 Å². The normalized spacial score (nSPS) is 14.7. The molecule has 5 rings (SSSR count). The molecule has 0 unspecified atom stereocenters. The lowest BCUT2D eigenvalue weighted by Crippen LogP contribution is -2.16. The summed E-state index contributed by atoms with van der Waals surface area (Å²) in [6.07, 6.45) is 5.21. The van der Waals surface area contributed by atoms with Crippen molar-refractivity contribution >= 4 is 21.9 Å². The molecule has 0 amide bonds. The minimum atomic E-state index is -1.03. The zero-order valence-corrected chi connectivity index (χ0v) is 14.5. The zero-order valence-electron chi connectivity index (χ0n) is 14.5. The SMILES string of the molecule is O=c1cc(Cn2c(C3CCC3)cc3cccnc32)c2ccc(F)c(F)c2[nH]1. The number of nitrogens with zero attached hydrogens (tertiary/aromatic N) is 2. The molecule has 136 valence electrons. The van der Waals surface area contributed by atoms with Gasteiger partial charge in [-0.15, -0.1) is 0 Å². The van der Waals surface area contributed by atoms with Gasteiger partial charge in [0.2, 0.25) is 5.56 Å². The van der Waals surface area contributed by atoms with Crippen LogP contribution in [-0.4, -0.2) is 14.5 Å². The number of rotatable bonds is 3. The van der Waals surface area contributed by atoms with Crippen molar-refractivity contribution in [2.45, 2.75) is 31.7 Å². The second-order valence-corrected chi connectivity index (χ2v) is 7.14. The highest BCUT2D eigenvalue weighted by Crippen LogP contribution is 2.39. The van der Waals surface area contributed by atoms with Gasteiger partial charge < -0.3 is 9.55 Å². The first kappa shape index (κ1) is 16.2. The molecule has 0 aliphatic heterocycles. The Balaban J connectivity index is 1.72. The van der Waals surface area contributed by atoms with E-state index in [4.69, 9.17) is 0 Å². The average Bonchev–Trinajstić information content (AvgIpc) is 2.95. The van der Waals surface area contributed by atoms with Gasteiger partial charge >= 0.3 is 0 Å². The summed E-state index contributed by atoms with van der Waals surface area (Å²) in [4.78, 5) is 19.0. The second-order valence-electron chi connectivity index (χ2n) is 7.14. The van der Waals surface area contributed by atoms with Crippen LogP contribution < -0.4 is 5.56 Å². The average molecular weight is 365 g/mol. The molecule has 4 aromatic rings. The fourth-order valence-corrected chi connectivity index (χ4v) is 3.95. The van der Waals surface area contributed by atoms with Crippen molar-refractivity contribution in [3.63, 3.8) is 0 Å². The summed E-state index contributed by atoms with van der Waals surface area (Å²) in [5.74, 6) is -1.53. The quantitative estimate of drug-likeness (QED) is 0.582. The fraction of sp³-hybridized carbons (Fsp3) is 0.238. The standard InChI is InChI=1S/C21H17F2N3O/c22-16-7-6-15-14(10-18(27)25-20(15)19(16)23)11-26-17(12-3-1-4-12)9-13-5-2-8-24-21(13)26/h2,5-10,12H,1,3-4,11H2,(H,25,27). The molecule has 3 heterocycles. The van der Waals surface area contributed by atoms with E-state index in [1.165, 1.54) is 24.2 Å². The van der Waals surface area contributed by atoms with Crippen LogP contribution in [0, 0.1) is 11.6 Å². The zero-order chi connectivity index (χ0) is 18.5. The van der Waals surface area contributed by atoms with E-state index >= 15 is 0 Å². The van der Waals surface area contributed by atoms with Crippen LogP contribution in [0.5, 0.6) is 0 Å². The molecule has 27 heavy (non-hydrogen) atoms. The molecule has 0 bridgehead atoms. The minimum Gasteiger partial charge on any atom is -0.325 e. The molecule has 0 saturated heterocycles. The van der Waals surface area contributed by atoms with Crippen LogP contribution in [0.2, 0.25) is 0 Å². The van der Waals surface area contributed by atoms with Crippen molar-refractivity contribution in [2.75, 3.05) is 0 Å². The Kier molecular flexibility index (Phi) is 3.60. The largest absolute Gasteiger partial charge is 0.325 e. The summed E-state index contributed by atoms with van der Waals surface area (Å²) in [6, 6.07) is 10.1. The molecule has 1 fully saturated rings. The first-order valence-corrected chi connectivity index (χ1v) is 9.06. The first-order valence-electron chi connectivity index (χ1n) is 9.06. The predicted octanol–water partition coefficient (Wildman–Crippen LogP) is 4.47. The Morgan fingerprint density at radius 3 is 2.81 bits per heavy atom. The van der Waals surface area contributed by atoms with Crippen LogP contribution >= 0.6 is 0 Å². The van der Waals surface area contributed by atoms with Crippen LogP contribution in [0.15, 0.2) is 47.4 Å². The Hall–Kier alpha value is -3.02. The lowest BCUT2D eigenvalue weighted by Gasteiger charge is -2.27. The molecule has 0 atom stereocenters. The fourth-order valence-electron chi connectivity index (χ4n) is 3.95. The Morgan fingerprint density at radius 2 is 2.04 bits per heavy atom. The van der Waals surface area contributed by atoms with Crippen molar-refractivity contribution in [1.82, 2.24) is 14.5 Å². The number of aromatic nitrogens is 3. The van der Waals surface area contributed by atoms with Gasteiger partial charge in [0.1, 0.15) is 5.65 Å². The highest BCUT2D eigenvalue weighted by molar-refractivity contribution is 5.83. The molecule has 1 aliphatic carbocycles. The van der Waals surface area contributed by atoms with Crippen LogP contribution in [-0.2, 0) is 6.54 Å². The number of H-pyrrole nitrogens is 1. The van der Waals surface area contributed by atoms with Crippen LogP contribution in [0.25, 0.3) is 21.9 Å². The van der Waals surface area contributed by atoms with E-state index in [0.717, 1.165) is 29.9 Å². The van der Waals surface area contributed by atoms with E-state index in [1.54, 1.807) is 6.20 Å². The molecule has 1 aliphatic rings. The van der Waals surface area contributed by atoms with Crippen LogP contribution in [0.4, 0.5) is 8.78 Å². The first-order chi connectivity index (χ1) is 13.1. The lowest BCUT2D eigenvalue weighted by molar-refractivity contribution is 0.401. The van der Waals surface area contributed by atoms with E-state index in [0.29, 0.717) is 23.4 Å². The van der Waals surface area contributed by atoms with Gasteiger partial charge in [0.15, 0.2) is 11.6 Å². The number of hydrogen-bond donors (Lipinski definition) is 1. The maximum atomic E-state index is 14.2. The van der Waals surface area contributed by atoms with Gasteiger partial charge in [-0.05, 0) is 54.7 Å². The Labute approximate surface area is 153 Å². The van der Waals surface area contributed by atoms with Crippen molar-refractivity contribution < 1.29 is 8.78 Å². The topological polar surface area (TPSA) is 50.7 Å². The van der Waals surface area contributed by atoms with Crippen LogP contribution in [0.1, 0.15) is 36.4 Å². The number of halogens is 2. The van der Waals surface area contributed by atoms with Gasteiger partial charge in [-0.1, -0.05) is 6.42 Å². The number of pyridine rings is 2. The highest BCUT2D eigenvalue weighted by atomic mass is 19.2. The molecule has 3 aromatic heterocycles. The second kappa shape index (κ2) is 6.01. The summed E-state index contributed by atoms with van der Waals surface area (Å²) in [6.45, 7) is 0.387. The highest BCUT2D eigenvalue weighted by Gasteiger charge is 2.25. The third kappa shape index (κ3) is 2.55. The van der Waals surface area contributed by atoms with Gasteiger partial charge in [-0.25, -0.2) is 13.8 Å². The molecular weight excluding hydrogens is 348 g/mol. The number of hydrogen-bond acceptors (Lipinski definition) is 2. The molecule has 6 heteroatoms.